The van der Waals surface area contributed by atoms with Crippen LogP contribution in [-0.2, 0) is 10.8 Å². The van der Waals surface area contributed by atoms with Crippen LogP contribution in [0.3, 0.4) is 0 Å². The zero-order valence-electron chi connectivity index (χ0n) is 6.28. The molecule has 64 valence electrons. The fraction of sp³-hybridized carbons (Fsp3) is 0.714. The quantitative estimate of drug-likeness (QED) is 0.551. The summed E-state index contributed by atoms with van der Waals surface area (Å²) < 4.78 is 10.8. The molecule has 0 N–H and O–H groups in total. The van der Waals surface area contributed by atoms with Crippen molar-refractivity contribution in [1.82, 2.24) is 4.90 Å². The Morgan fingerprint density at radius 1 is 1.45 bits per heavy atom. The maximum Gasteiger partial charge on any atom is 0.0599 e. The summed E-state index contributed by atoms with van der Waals surface area (Å²) in [5.41, 5.74) is 0. The Morgan fingerprint density at radius 2 is 2.00 bits per heavy atom. The van der Waals surface area contributed by atoms with Crippen LogP contribution in [0.2, 0.25) is 0 Å². The van der Waals surface area contributed by atoms with Crippen LogP contribution in [0, 0.1) is 12.3 Å². The van der Waals surface area contributed by atoms with E-state index in [1.54, 1.807) is 0 Å². The Kier molecular flexibility index (Phi) is 5.57. The minimum Gasteiger partial charge on any atom is -0.291 e. The summed E-state index contributed by atoms with van der Waals surface area (Å²) in [5, 5.41) is 0. The highest BCUT2D eigenvalue weighted by Crippen LogP contribution is 1.97. The van der Waals surface area contributed by atoms with Gasteiger partial charge in [-0.3, -0.25) is 9.11 Å². The van der Waals surface area contributed by atoms with Gasteiger partial charge in [0.2, 0.25) is 0 Å². The molecular weight excluding hydrogens is 182 g/mol. The monoisotopic (exact) mass is 193 g/mol. The van der Waals surface area contributed by atoms with Gasteiger partial charge in [-0.25, -0.2) is 0 Å². The Hall–Kier alpha value is -0.0400. The highest BCUT2D eigenvalue weighted by Gasteiger charge is 2.12. The van der Waals surface area contributed by atoms with Crippen LogP contribution in [0.5, 0.6) is 0 Å². The molecule has 4 heteroatoms. The van der Waals surface area contributed by atoms with Crippen LogP contribution in [0.25, 0.3) is 0 Å². The van der Waals surface area contributed by atoms with Gasteiger partial charge in [-0.1, -0.05) is 5.92 Å². The number of rotatable bonds is 1. The van der Waals surface area contributed by atoms with Crippen LogP contribution in [-0.4, -0.2) is 40.2 Å². The topological polar surface area (TPSA) is 20.3 Å². The van der Waals surface area contributed by atoms with Crippen LogP contribution >= 0.6 is 12.4 Å². The molecule has 0 aromatic heterocycles. The summed E-state index contributed by atoms with van der Waals surface area (Å²) in [6.07, 6.45) is 5.13. The second-order valence-electron chi connectivity index (χ2n) is 2.33. The summed E-state index contributed by atoms with van der Waals surface area (Å²) in [6, 6.07) is 0. The van der Waals surface area contributed by atoms with E-state index in [0.29, 0.717) is 6.54 Å². The molecule has 1 fully saturated rings. The largest absolute Gasteiger partial charge is 0.291 e. The Morgan fingerprint density at radius 3 is 2.45 bits per heavy atom. The fourth-order valence-electron chi connectivity index (χ4n) is 0.963. The predicted octanol–water partition coefficient (Wildman–Crippen LogP) is 0.106. The van der Waals surface area contributed by atoms with Gasteiger partial charge in [0.1, 0.15) is 0 Å². The van der Waals surface area contributed by atoms with E-state index in [1.807, 2.05) is 0 Å². The molecular formula is C7H12ClNOS. The third-order valence-corrected chi connectivity index (χ3v) is 2.86. The lowest BCUT2D eigenvalue weighted by Gasteiger charge is -2.23. The number of halogens is 1. The maximum atomic E-state index is 10.8. The summed E-state index contributed by atoms with van der Waals surface area (Å²) >= 11 is 0. The molecule has 1 rings (SSSR count). The van der Waals surface area contributed by atoms with Crippen LogP contribution in [0.1, 0.15) is 0 Å². The summed E-state index contributed by atoms with van der Waals surface area (Å²) in [6.45, 7) is 2.50. The van der Waals surface area contributed by atoms with Gasteiger partial charge in [-0.2, -0.15) is 0 Å². The number of terminal acetylenes is 1. The van der Waals surface area contributed by atoms with Gasteiger partial charge >= 0.3 is 0 Å². The van der Waals surface area contributed by atoms with Crippen molar-refractivity contribution in [3.8, 4) is 12.3 Å². The minimum absolute atomic E-state index is 0. The van der Waals surface area contributed by atoms with Gasteiger partial charge in [0.05, 0.1) is 6.54 Å². The molecule has 0 spiro atoms. The molecule has 0 aliphatic carbocycles. The number of hydrogen-bond donors (Lipinski definition) is 0. The normalized spacial score (nSPS) is 20.3. The molecule has 0 amide bonds. The van der Waals surface area contributed by atoms with Gasteiger partial charge in [0, 0.05) is 35.4 Å². The number of hydrogen-bond acceptors (Lipinski definition) is 2. The van der Waals surface area contributed by atoms with E-state index < -0.39 is 10.8 Å². The highest BCUT2D eigenvalue weighted by atomic mass is 35.5. The summed E-state index contributed by atoms with van der Waals surface area (Å²) in [7, 11) is -0.575. The molecule has 0 bridgehead atoms. The lowest BCUT2D eigenvalue weighted by atomic mass is 10.5. The molecule has 0 aromatic rings. The lowest BCUT2D eigenvalue weighted by molar-refractivity contribution is 0.337. The van der Waals surface area contributed by atoms with Crippen molar-refractivity contribution >= 4 is 23.2 Å². The molecule has 2 nitrogen and oxygen atoms in total. The van der Waals surface area contributed by atoms with E-state index >= 15 is 0 Å². The molecule has 1 aliphatic rings. The Balaban J connectivity index is 0.000001000. The first-order valence-electron chi connectivity index (χ1n) is 3.33. The van der Waals surface area contributed by atoms with E-state index in [-0.39, 0.29) is 12.4 Å². The SMILES string of the molecule is C#CCN1CCS(=O)CC1.Cl. The number of nitrogens with zero attached hydrogens (tertiary/aromatic N) is 1. The average molecular weight is 194 g/mol. The van der Waals surface area contributed by atoms with Crippen molar-refractivity contribution in [3.05, 3.63) is 0 Å². The molecule has 1 heterocycles. The molecule has 0 atom stereocenters. The molecule has 1 saturated heterocycles. The first kappa shape index (κ1) is 11.0. The maximum absolute atomic E-state index is 10.8. The van der Waals surface area contributed by atoms with E-state index in [4.69, 9.17) is 6.42 Å². The minimum atomic E-state index is -0.575. The van der Waals surface area contributed by atoms with Crippen LogP contribution < -0.4 is 0 Å². The molecule has 11 heavy (non-hydrogen) atoms. The van der Waals surface area contributed by atoms with Crippen molar-refractivity contribution < 1.29 is 4.21 Å². The molecule has 0 unspecified atom stereocenters. The second-order valence-corrected chi connectivity index (χ2v) is 4.02. The third kappa shape index (κ3) is 3.76. The van der Waals surface area contributed by atoms with Crippen molar-refractivity contribution in [2.75, 3.05) is 31.1 Å². The second kappa shape index (κ2) is 5.59. The van der Waals surface area contributed by atoms with E-state index in [1.165, 1.54) is 0 Å². The smallest absolute Gasteiger partial charge is 0.0599 e. The van der Waals surface area contributed by atoms with Gasteiger partial charge in [-0.15, -0.1) is 18.8 Å². The Labute approximate surface area is 76.2 Å². The Bertz CT molecular complexity index is 168. The van der Waals surface area contributed by atoms with E-state index in [0.717, 1.165) is 24.6 Å². The van der Waals surface area contributed by atoms with Gasteiger partial charge in [0.15, 0.2) is 0 Å². The molecule has 0 saturated carbocycles. The highest BCUT2D eigenvalue weighted by molar-refractivity contribution is 7.85. The summed E-state index contributed by atoms with van der Waals surface area (Å²) in [5.74, 6) is 4.17. The van der Waals surface area contributed by atoms with Crippen molar-refractivity contribution in [1.29, 1.82) is 0 Å². The molecule has 0 radical (unpaired) electrons. The van der Waals surface area contributed by atoms with Gasteiger partial charge in [0.25, 0.3) is 0 Å². The standard InChI is InChI=1S/C7H11NOS.ClH/c1-2-3-8-4-6-10(9)7-5-8;/h1H,3-7H2;1H. The van der Waals surface area contributed by atoms with Crippen molar-refractivity contribution in [3.63, 3.8) is 0 Å². The zero-order valence-corrected chi connectivity index (χ0v) is 7.92. The molecule has 1 aliphatic heterocycles. The predicted molar refractivity (Wildman–Crippen MR) is 50.4 cm³/mol. The first-order valence-corrected chi connectivity index (χ1v) is 4.82. The third-order valence-electron chi connectivity index (χ3n) is 1.59. The first-order chi connectivity index (χ1) is 4.83. The van der Waals surface area contributed by atoms with Crippen LogP contribution in [0.4, 0.5) is 0 Å². The average Bonchev–Trinajstić information content (AvgIpc) is 1.95. The van der Waals surface area contributed by atoms with Crippen LogP contribution in [0.15, 0.2) is 0 Å². The van der Waals surface area contributed by atoms with Crippen molar-refractivity contribution in [2.24, 2.45) is 0 Å². The summed E-state index contributed by atoms with van der Waals surface area (Å²) in [4.78, 5) is 2.15. The fourth-order valence-corrected chi connectivity index (χ4v) is 2.09. The van der Waals surface area contributed by atoms with Crippen molar-refractivity contribution in [2.45, 2.75) is 0 Å². The van der Waals surface area contributed by atoms with E-state index in [9.17, 15) is 4.21 Å². The van der Waals surface area contributed by atoms with Gasteiger partial charge < -0.3 is 0 Å². The van der Waals surface area contributed by atoms with Gasteiger partial charge in [-0.05, 0) is 0 Å². The lowest BCUT2D eigenvalue weighted by Crippen LogP contribution is -2.37. The zero-order chi connectivity index (χ0) is 7.40. The van der Waals surface area contributed by atoms with E-state index in [2.05, 4.69) is 10.8 Å². The molecule has 0 aromatic carbocycles.